The van der Waals surface area contributed by atoms with Gasteiger partial charge >= 0.3 is 0 Å². The molecule has 2 aromatic carbocycles. The van der Waals surface area contributed by atoms with Crippen LogP contribution in [0.2, 0.25) is 10.0 Å². The van der Waals surface area contributed by atoms with Gasteiger partial charge in [0.2, 0.25) is 17.6 Å². The van der Waals surface area contributed by atoms with Crippen LogP contribution >= 0.6 is 23.2 Å². The number of halogens is 2. The Bertz CT molecular complexity index is 957. The maximum Gasteiger partial charge on any atom is 0.271 e. The van der Waals surface area contributed by atoms with E-state index in [-0.39, 0.29) is 18.4 Å². The van der Waals surface area contributed by atoms with Crippen molar-refractivity contribution in [2.45, 2.75) is 12.8 Å². The number of aryl methyl sites for hydroxylation is 1. The third-order valence-corrected chi connectivity index (χ3v) is 4.15. The Morgan fingerprint density at radius 2 is 1.74 bits per heavy atom. The minimum absolute atomic E-state index is 0.0606. The predicted octanol–water partition coefficient (Wildman–Crippen LogP) is 3.44. The normalized spacial score (nSPS) is 10.4. The molecule has 0 saturated carbocycles. The van der Waals surface area contributed by atoms with Crippen LogP contribution in [0.25, 0.3) is 11.4 Å². The quantitative estimate of drug-likeness (QED) is 0.634. The maximum absolute atomic E-state index is 12.0. The van der Waals surface area contributed by atoms with Gasteiger partial charge in [-0.25, -0.2) is 0 Å². The Morgan fingerprint density at radius 3 is 2.48 bits per heavy atom. The Kier molecular flexibility index (Phi) is 6.05. The topological polar surface area (TPSA) is 97.1 Å². The summed E-state index contributed by atoms with van der Waals surface area (Å²) in [5, 5.41) is 4.78. The number of benzene rings is 2. The predicted molar refractivity (Wildman–Crippen MR) is 100 cm³/mol. The molecule has 27 heavy (non-hydrogen) atoms. The second-order valence-corrected chi connectivity index (χ2v) is 6.34. The van der Waals surface area contributed by atoms with Gasteiger partial charge in [-0.2, -0.15) is 4.98 Å². The Morgan fingerprint density at radius 1 is 1.00 bits per heavy atom. The van der Waals surface area contributed by atoms with E-state index in [2.05, 4.69) is 21.0 Å². The van der Waals surface area contributed by atoms with Crippen LogP contribution in [0.3, 0.4) is 0 Å². The number of hydrogen-bond donors (Lipinski definition) is 2. The van der Waals surface area contributed by atoms with Crippen LogP contribution < -0.4 is 10.9 Å². The molecule has 2 amide bonds. The highest BCUT2D eigenvalue weighted by Crippen LogP contribution is 2.19. The van der Waals surface area contributed by atoms with Gasteiger partial charge in [-0.3, -0.25) is 20.4 Å². The first-order valence-corrected chi connectivity index (χ1v) is 8.71. The third-order valence-electron chi connectivity index (χ3n) is 3.57. The molecule has 0 aliphatic rings. The zero-order valence-electron chi connectivity index (χ0n) is 13.9. The number of nitrogens with zero attached hydrogens (tertiary/aromatic N) is 2. The summed E-state index contributed by atoms with van der Waals surface area (Å²) in [6.45, 7) is 0. The lowest BCUT2D eigenvalue weighted by Crippen LogP contribution is -2.41. The standard InChI is InChI=1S/C18H14Cl2N4O3/c19-12-7-5-11(6-8-12)17-21-16(27-24-17)10-9-15(25)22-23-18(26)13-3-1-2-4-14(13)20/h1-8H,9-10H2,(H,22,25)(H,23,26). The molecule has 9 heteroatoms. The van der Waals surface area contributed by atoms with Crippen LogP contribution in [0.15, 0.2) is 53.1 Å². The van der Waals surface area contributed by atoms with Crippen LogP contribution in [0.1, 0.15) is 22.7 Å². The third kappa shape index (κ3) is 5.06. The molecule has 3 aromatic rings. The van der Waals surface area contributed by atoms with Gasteiger partial charge in [0.25, 0.3) is 5.91 Å². The van der Waals surface area contributed by atoms with Crippen LogP contribution in [0.4, 0.5) is 0 Å². The minimum Gasteiger partial charge on any atom is -0.339 e. The van der Waals surface area contributed by atoms with E-state index < -0.39 is 11.8 Å². The lowest BCUT2D eigenvalue weighted by molar-refractivity contribution is -0.121. The van der Waals surface area contributed by atoms with E-state index in [9.17, 15) is 9.59 Å². The van der Waals surface area contributed by atoms with Crippen molar-refractivity contribution in [3.63, 3.8) is 0 Å². The largest absolute Gasteiger partial charge is 0.339 e. The fraction of sp³-hybridized carbons (Fsp3) is 0.111. The molecule has 0 unspecified atom stereocenters. The van der Waals surface area contributed by atoms with Crippen LogP contribution in [0, 0.1) is 0 Å². The summed E-state index contributed by atoms with van der Waals surface area (Å²) in [6.07, 6.45) is 0.291. The number of carbonyl (C=O) groups is 2. The molecule has 0 bridgehead atoms. The molecular weight excluding hydrogens is 391 g/mol. The van der Waals surface area contributed by atoms with Crippen molar-refractivity contribution in [2.24, 2.45) is 0 Å². The molecule has 0 aliphatic heterocycles. The van der Waals surface area contributed by atoms with Crippen LogP contribution in [-0.4, -0.2) is 22.0 Å². The van der Waals surface area contributed by atoms with Crippen molar-refractivity contribution in [1.82, 2.24) is 21.0 Å². The van der Waals surface area contributed by atoms with E-state index in [1.165, 1.54) is 0 Å². The molecule has 1 aromatic heterocycles. The fourth-order valence-corrected chi connectivity index (χ4v) is 2.54. The Hall–Kier alpha value is -2.90. The number of hydrazine groups is 1. The first-order chi connectivity index (χ1) is 13.0. The number of nitrogens with one attached hydrogen (secondary N) is 2. The van der Waals surface area contributed by atoms with E-state index in [4.69, 9.17) is 27.7 Å². The molecule has 2 N–H and O–H groups in total. The van der Waals surface area contributed by atoms with Crippen molar-refractivity contribution in [3.8, 4) is 11.4 Å². The lowest BCUT2D eigenvalue weighted by Gasteiger charge is -2.07. The van der Waals surface area contributed by atoms with Gasteiger partial charge < -0.3 is 4.52 Å². The van der Waals surface area contributed by atoms with Gasteiger partial charge in [-0.1, -0.05) is 40.5 Å². The summed E-state index contributed by atoms with van der Waals surface area (Å²) < 4.78 is 5.13. The van der Waals surface area contributed by atoms with E-state index in [0.717, 1.165) is 5.56 Å². The molecule has 0 fully saturated rings. The molecule has 0 aliphatic carbocycles. The summed E-state index contributed by atoms with van der Waals surface area (Å²) in [5.41, 5.74) is 5.65. The van der Waals surface area contributed by atoms with E-state index >= 15 is 0 Å². The van der Waals surface area contributed by atoms with Crippen molar-refractivity contribution >= 4 is 35.0 Å². The monoisotopic (exact) mass is 404 g/mol. The highest BCUT2D eigenvalue weighted by molar-refractivity contribution is 6.33. The van der Waals surface area contributed by atoms with Crippen LogP contribution in [-0.2, 0) is 11.2 Å². The van der Waals surface area contributed by atoms with Gasteiger partial charge in [0, 0.05) is 23.4 Å². The molecule has 0 radical (unpaired) electrons. The number of aromatic nitrogens is 2. The van der Waals surface area contributed by atoms with Gasteiger partial charge in [0.05, 0.1) is 10.6 Å². The van der Waals surface area contributed by atoms with Gasteiger partial charge in [0.15, 0.2) is 0 Å². The maximum atomic E-state index is 12.0. The lowest BCUT2D eigenvalue weighted by atomic mass is 10.2. The fourth-order valence-electron chi connectivity index (χ4n) is 2.19. The van der Waals surface area contributed by atoms with Gasteiger partial charge in [0.1, 0.15) is 0 Å². The van der Waals surface area contributed by atoms with Gasteiger partial charge in [-0.05, 0) is 36.4 Å². The molecule has 1 heterocycles. The van der Waals surface area contributed by atoms with Crippen molar-refractivity contribution < 1.29 is 14.1 Å². The molecular formula is C18H14Cl2N4O3. The Balaban J connectivity index is 1.49. The highest BCUT2D eigenvalue weighted by Gasteiger charge is 2.13. The molecule has 3 rings (SSSR count). The van der Waals surface area contributed by atoms with Crippen molar-refractivity contribution in [3.05, 3.63) is 70.0 Å². The molecule has 0 atom stereocenters. The number of hydrogen-bond acceptors (Lipinski definition) is 5. The Labute approximate surface area is 164 Å². The average molecular weight is 405 g/mol. The first-order valence-electron chi connectivity index (χ1n) is 7.95. The van der Waals surface area contributed by atoms with E-state index in [1.807, 2.05) is 0 Å². The second kappa shape index (κ2) is 8.66. The molecule has 0 spiro atoms. The zero-order chi connectivity index (χ0) is 19.2. The SMILES string of the molecule is O=C(CCc1nc(-c2ccc(Cl)cc2)no1)NNC(=O)c1ccccc1Cl. The number of amides is 2. The molecule has 7 nitrogen and oxygen atoms in total. The summed E-state index contributed by atoms with van der Waals surface area (Å²) in [5.74, 6) is -0.181. The van der Waals surface area contributed by atoms with E-state index in [1.54, 1.807) is 48.5 Å². The summed E-state index contributed by atoms with van der Waals surface area (Å²) in [7, 11) is 0. The number of rotatable bonds is 5. The highest BCUT2D eigenvalue weighted by atomic mass is 35.5. The van der Waals surface area contributed by atoms with E-state index in [0.29, 0.717) is 21.8 Å². The zero-order valence-corrected chi connectivity index (χ0v) is 15.4. The van der Waals surface area contributed by atoms with Crippen molar-refractivity contribution in [2.75, 3.05) is 0 Å². The van der Waals surface area contributed by atoms with Gasteiger partial charge in [-0.15, -0.1) is 0 Å². The molecule has 0 saturated heterocycles. The summed E-state index contributed by atoms with van der Waals surface area (Å²) >= 11 is 11.8. The summed E-state index contributed by atoms with van der Waals surface area (Å²) in [6, 6.07) is 13.5. The first kappa shape index (κ1) is 18.9. The van der Waals surface area contributed by atoms with Crippen molar-refractivity contribution in [1.29, 1.82) is 0 Å². The number of carbonyl (C=O) groups excluding carboxylic acids is 2. The van der Waals surface area contributed by atoms with Crippen LogP contribution in [0.5, 0.6) is 0 Å². The average Bonchev–Trinajstić information content (AvgIpc) is 3.14. The second-order valence-electron chi connectivity index (χ2n) is 5.50. The smallest absolute Gasteiger partial charge is 0.271 e. The summed E-state index contributed by atoms with van der Waals surface area (Å²) in [4.78, 5) is 28.1. The minimum atomic E-state index is -0.503. The molecule has 138 valence electrons.